The Hall–Kier alpha value is -3.61. The van der Waals surface area contributed by atoms with E-state index in [4.69, 9.17) is 4.42 Å². The Balaban J connectivity index is 1.44. The van der Waals surface area contributed by atoms with Crippen molar-refractivity contribution in [1.82, 2.24) is 9.55 Å². The molecule has 0 unspecified atom stereocenters. The van der Waals surface area contributed by atoms with Crippen molar-refractivity contribution < 1.29 is 9.21 Å². The van der Waals surface area contributed by atoms with E-state index in [1.165, 1.54) is 4.57 Å². The summed E-state index contributed by atoms with van der Waals surface area (Å²) in [6, 6.07) is 12.4. The molecule has 28 heavy (non-hydrogen) atoms. The first-order chi connectivity index (χ1) is 13.6. The van der Waals surface area contributed by atoms with Gasteiger partial charge in [0.1, 0.15) is 6.54 Å². The maximum atomic E-state index is 12.5. The number of H-pyrrole nitrogens is 1. The number of nitrogens with one attached hydrogen (secondary N) is 2. The molecule has 0 atom stereocenters. The number of aromatic nitrogens is 2. The molecule has 2 aromatic carbocycles. The van der Waals surface area contributed by atoms with E-state index in [0.29, 0.717) is 22.3 Å². The van der Waals surface area contributed by atoms with E-state index in [1.807, 2.05) is 12.1 Å². The number of benzene rings is 2. The van der Waals surface area contributed by atoms with Gasteiger partial charge >= 0.3 is 5.76 Å². The van der Waals surface area contributed by atoms with Crippen LogP contribution in [0, 0.1) is 0 Å². The van der Waals surface area contributed by atoms with E-state index in [0.717, 1.165) is 35.8 Å². The van der Waals surface area contributed by atoms with Crippen LogP contribution in [-0.2, 0) is 24.2 Å². The van der Waals surface area contributed by atoms with Gasteiger partial charge in [0, 0.05) is 16.6 Å². The number of carbonyl (C=O) groups excluding carboxylic acids is 1. The molecule has 140 valence electrons. The lowest BCUT2D eigenvalue weighted by molar-refractivity contribution is -0.116. The summed E-state index contributed by atoms with van der Waals surface area (Å²) in [4.78, 5) is 39.7. The Bertz CT molecular complexity index is 1360. The van der Waals surface area contributed by atoms with Crippen molar-refractivity contribution in [2.45, 2.75) is 25.8 Å². The van der Waals surface area contributed by atoms with Crippen molar-refractivity contribution in [1.29, 1.82) is 0 Å². The molecule has 2 aromatic heterocycles. The molecular weight excluding hydrogens is 358 g/mol. The van der Waals surface area contributed by atoms with E-state index < -0.39 is 5.76 Å². The van der Waals surface area contributed by atoms with Crippen LogP contribution in [0.1, 0.15) is 17.5 Å². The van der Waals surface area contributed by atoms with Gasteiger partial charge < -0.3 is 14.7 Å². The second kappa shape index (κ2) is 6.23. The summed E-state index contributed by atoms with van der Waals surface area (Å²) in [6.45, 7) is -0.158. The largest absolute Gasteiger partial charge is 0.420 e. The fourth-order valence-corrected chi connectivity index (χ4v) is 3.99. The number of aromatic amines is 1. The third-order valence-corrected chi connectivity index (χ3v) is 5.24. The molecule has 2 heterocycles. The molecule has 5 rings (SSSR count). The summed E-state index contributed by atoms with van der Waals surface area (Å²) in [5, 5.41) is 3.80. The highest BCUT2D eigenvalue weighted by Crippen LogP contribution is 2.27. The van der Waals surface area contributed by atoms with Crippen LogP contribution < -0.4 is 16.6 Å². The van der Waals surface area contributed by atoms with Gasteiger partial charge in [0.15, 0.2) is 5.58 Å². The topological polar surface area (TPSA) is 97.1 Å². The van der Waals surface area contributed by atoms with Crippen LogP contribution >= 0.6 is 0 Å². The van der Waals surface area contributed by atoms with Crippen molar-refractivity contribution in [2.75, 3.05) is 5.32 Å². The fourth-order valence-electron chi connectivity index (χ4n) is 3.99. The molecule has 7 heteroatoms. The number of oxazole rings is 1. The lowest BCUT2D eigenvalue weighted by atomic mass is 10.1. The highest BCUT2D eigenvalue weighted by atomic mass is 16.4. The Morgan fingerprint density at radius 2 is 1.93 bits per heavy atom. The summed E-state index contributed by atoms with van der Waals surface area (Å²) >= 11 is 0. The normalized spacial score (nSPS) is 13.1. The van der Waals surface area contributed by atoms with Crippen molar-refractivity contribution in [3.8, 4) is 0 Å². The molecule has 2 N–H and O–H groups in total. The Labute approximate surface area is 158 Å². The monoisotopic (exact) mass is 375 g/mol. The zero-order valence-electron chi connectivity index (χ0n) is 15.0. The summed E-state index contributed by atoms with van der Waals surface area (Å²) in [6.07, 6.45) is 2.70. The standard InChI is InChI=1S/C21H17N3O4/c25-19(11-24-17-6-1-2-7-18(17)28-21(24)27)22-12-8-9-14-13-4-3-5-15(13)20(26)23-16(14)10-12/h1-2,6-10H,3-5,11H2,(H,22,25)(H,23,26). The maximum Gasteiger partial charge on any atom is 0.420 e. The van der Waals surface area contributed by atoms with Gasteiger partial charge in [0.05, 0.1) is 11.0 Å². The fraction of sp³-hybridized carbons (Fsp3) is 0.190. The number of amides is 1. The molecule has 0 radical (unpaired) electrons. The molecule has 0 bridgehead atoms. The summed E-state index contributed by atoms with van der Waals surface area (Å²) in [5.74, 6) is -0.925. The van der Waals surface area contributed by atoms with Gasteiger partial charge in [-0.05, 0) is 49.1 Å². The van der Waals surface area contributed by atoms with Crippen LogP contribution in [0.4, 0.5) is 5.69 Å². The predicted octanol–water partition coefficient (Wildman–Crippen LogP) is 2.56. The number of rotatable bonds is 3. The Morgan fingerprint density at radius 3 is 2.82 bits per heavy atom. The average Bonchev–Trinajstić information content (AvgIpc) is 3.28. The van der Waals surface area contributed by atoms with E-state index >= 15 is 0 Å². The van der Waals surface area contributed by atoms with Crippen LogP contribution in [0.25, 0.3) is 22.0 Å². The Kier molecular flexibility index (Phi) is 3.68. The number of aryl methyl sites for hydroxylation is 1. The minimum atomic E-state index is -0.574. The summed E-state index contributed by atoms with van der Waals surface area (Å²) in [7, 11) is 0. The van der Waals surface area contributed by atoms with Crippen LogP contribution in [0.2, 0.25) is 0 Å². The van der Waals surface area contributed by atoms with Gasteiger partial charge in [0.25, 0.3) is 5.56 Å². The van der Waals surface area contributed by atoms with Crippen LogP contribution in [0.3, 0.4) is 0 Å². The van der Waals surface area contributed by atoms with Crippen molar-refractivity contribution >= 4 is 33.6 Å². The molecule has 0 aliphatic heterocycles. The number of nitrogens with zero attached hydrogens (tertiary/aromatic N) is 1. The quantitative estimate of drug-likeness (QED) is 0.575. The first-order valence-electron chi connectivity index (χ1n) is 9.16. The van der Waals surface area contributed by atoms with Crippen LogP contribution in [0.15, 0.2) is 56.5 Å². The van der Waals surface area contributed by atoms with Gasteiger partial charge in [-0.15, -0.1) is 0 Å². The smallest absolute Gasteiger partial charge is 0.408 e. The van der Waals surface area contributed by atoms with Gasteiger partial charge in [-0.25, -0.2) is 4.79 Å². The molecule has 0 spiro atoms. The molecule has 0 saturated carbocycles. The molecule has 4 aromatic rings. The number of hydrogen-bond donors (Lipinski definition) is 2. The van der Waals surface area contributed by atoms with Crippen molar-refractivity contribution in [2.24, 2.45) is 0 Å². The molecule has 0 fully saturated rings. The lowest BCUT2D eigenvalue weighted by Gasteiger charge is -2.09. The van der Waals surface area contributed by atoms with Gasteiger partial charge in [-0.3, -0.25) is 14.2 Å². The average molecular weight is 375 g/mol. The minimum Gasteiger partial charge on any atom is -0.408 e. The Morgan fingerprint density at radius 1 is 1.11 bits per heavy atom. The number of fused-ring (bicyclic) bond motifs is 4. The minimum absolute atomic E-state index is 0.0557. The van der Waals surface area contributed by atoms with Gasteiger partial charge in [0.2, 0.25) is 5.91 Å². The number of hydrogen-bond acceptors (Lipinski definition) is 4. The maximum absolute atomic E-state index is 12.5. The van der Waals surface area contributed by atoms with E-state index in [2.05, 4.69) is 10.3 Å². The summed E-state index contributed by atoms with van der Waals surface area (Å²) in [5.41, 5.74) is 4.20. The first kappa shape index (κ1) is 16.6. The highest BCUT2D eigenvalue weighted by Gasteiger charge is 2.18. The zero-order chi connectivity index (χ0) is 19.3. The van der Waals surface area contributed by atoms with Crippen molar-refractivity contribution in [3.63, 3.8) is 0 Å². The number of anilines is 1. The van der Waals surface area contributed by atoms with Crippen LogP contribution in [0.5, 0.6) is 0 Å². The summed E-state index contributed by atoms with van der Waals surface area (Å²) < 4.78 is 6.44. The SMILES string of the molecule is O=C(Cn1c(=O)oc2ccccc21)Nc1ccc2c3c(c(=O)[nH]c2c1)CCC3. The molecule has 1 aliphatic carbocycles. The first-order valence-corrected chi connectivity index (χ1v) is 9.16. The van der Waals surface area contributed by atoms with Crippen molar-refractivity contribution in [3.05, 3.63) is 74.5 Å². The molecular formula is C21H17N3O4. The van der Waals surface area contributed by atoms with E-state index in [9.17, 15) is 14.4 Å². The van der Waals surface area contributed by atoms with E-state index in [1.54, 1.807) is 30.3 Å². The molecule has 1 aliphatic rings. The zero-order valence-corrected chi connectivity index (χ0v) is 15.0. The second-order valence-electron chi connectivity index (χ2n) is 7.00. The molecule has 0 saturated heterocycles. The number of carbonyl (C=O) groups is 1. The highest BCUT2D eigenvalue weighted by molar-refractivity contribution is 5.94. The molecule has 1 amide bonds. The molecule has 7 nitrogen and oxygen atoms in total. The van der Waals surface area contributed by atoms with Gasteiger partial charge in [-0.1, -0.05) is 18.2 Å². The third-order valence-electron chi connectivity index (χ3n) is 5.24. The number of pyridine rings is 1. The number of para-hydroxylation sites is 2. The van der Waals surface area contributed by atoms with Gasteiger partial charge in [-0.2, -0.15) is 0 Å². The predicted molar refractivity (Wildman–Crippen MR) is 106 cm³/mol. The third kappa shape index (κ3) is 2.63. The van der Waals surface area contributed by atoms with E-state index in [-0.39, 0.29) is 18.0 Å². The lowest BCUT2D eigenvalue weighted by Crippen LogP contribution is -2.24. The second-order valence-corrected chi connectivity index (χ2v) is 7.00. The van der Waals surface area contributed by atoms with Crippen LogP contribution in [-0.4, -0.2) is 15.5 Å².